The van der Waals surface area contributed by atoms with E-state index in [0.29, 0.717) is 0 Å². The van der Waals surface area contributed by atoms with Gasteiger partial charge in [0, 0.05) is 0 Å². The lowest BCUT2D eigenvalue weighted by Crippen LogP contribution is -2.36. The maximum Gasteiger partial charge on any atom is 0.122 e. The summed E-state index contributed by atoms with van der Waals surface area (Å²) in [6.45, 7) is 4.43. The van der Waals surface area contributed by atoms with Crippen molar-refractivity contribution in [2.75, 3.05) is 20.2 Å². The van der Waals surface area contributed by atoms with Crippen LogP contribution >= 0.6 is 0 Å². The minimum Gasteiger partial charge on any atom is -0.496 e. The van der Waals surface area contributed by atoms with Gasteiger partial charge in [-0.15, -0.1) is 0 Å². The van der Waals surface area contributed by atoms with Crippen molar-refractivity contribution >= 4 is 0 Å². The fourth-order valence-electron chi connectivity index (χ4n) is 2.66. The first-order valence-electron chi connectivity index (χ1n) is 6.67. The maximum atomic E-state index is 5.42. The van der Waals surface area contributed by atoms with Crippen LogP contribution in [-0.4, -0.2) is 20.2 Å². The predicted octanol–water partition coefficient (Wildman–Crippen LogP) is 2.87. The van der Waals surface area contributed by atoms with Crippen LogP contribution in [0.3, 0.4) is 0 Å². The summed E-state index contributed by atoms with van der Waals surface area (Å²) in [5, 5.41) is 3.46. The van der Waals surface area contributed by atoms with Crippen LogP contribution in [-0.2, 0) is 6.42 Å². The van der Waals surface area contributed by atoms with Crippen molar-refractivity contribution in [3.63, 3.8) is 0 Å². The van der Waals surface area contributed by atoms with Gasteiger partial charge in [0.05, 0.1) is 7.11 Å². The van der Waals surface area contributed by atoms with Crippen molar-refractivity contribution < 1.29 is 4.74 Å². The molecule has 1 saturated carbocycles. The summed E-state index contributed by atoms with van der Waals surface area (Å²) in [5.74, 6) is 2.74. The van der Waals surface area contributed by atoms with Gasteiger partial charge in [-0.2, -0.15) is 0 Å². The Labute approximate surface area is 104 Å². The molecule has 1 aromatic carbocycles. The SMILES string of the molecule is CCNCC1CCC1Cc1ccccc1OC. The smallest absolute Gasteiger partial charge is 0.122 e. The van der Waals surface area contributed by atoms with Gasteiger partial charge >= 0.3 is 0 Å². The van der Waals surface area contributed by atoms with Crippen LogP contribution in [0.25, 0.3) is 0 Å². The van der Waals surface area contributed by atoms with E-state index < -0.39 is 0 Å². The molecule has 0 saturated heterocycles. The average molecular weight is 233 g/mol. The number of hydrogen-bond acceptors (Lipinski definition) is 2. The van der Waals surface area contributed by atoms with Gasteiger partial charge in [-0.25, -0.2) is 0 Å². The molecule has 1 aliphatic rings. The number of methoxy groups -OCH3 is 1. The second-order valence-electron chi connectivity index (χ2n) is 4.92. The highest BCUT2D eigenvalue weighted by Gasteiger charge is 2.30. The molecule has 0 amide bonds. The van der Waals surface area contributed by atoms with E-state index in [4.69, 9.17) is 4.74 Å². The van der Waals surface area contributed by atoms with Crippen molar-refractivity contribution in [1.82, 2.24) is 5.32 Å². The maximum absolute atomic E-state index is 5.42. The quantitative estimate of drug-likeness (QED) is 0.815. The third-order valence-electron chi connectivity index (χ3n) is 3.91. The van der Waals surface area contributed by atoms with Gasteiger partial charge < -0.3 is 10.1 Å². The van der Waals surface area contributed by atoms with E-state index in [-0.39, 0.29) is 0 Å². The predicted molar refractivity (Wildman–Crippen MR) is 71.5 cm³/mol. The highest BCUT2D eigenvalue weighted by molar-refractivity contribution is 5.33. The first-order chi connectivity index (χ1) is 8.35. The molecule has 0 aromatic heterocycles. The molecule has 17 heavy (non-hydrogen) atoms. The Kier molecular flexibility index (Phi) is 4.43. The lowest BCUT2D eigenvalue weighted by molar-refractivity contribution is 0.170. The molecular weight excluding hydrogens is 210 g/mol. The van der Waals surface area contributed by atoms with E-state index in [1.54, 1.807) is 7.11 Å². The molecule has 0 radical (unpaired) electrons. The van der Waals surface area contributed by atoms with E-state index in [1.165, 1.54) is 31.4 Å². The normalized spacial score (nSPS) is 23.2. The van der Waals surface area contributed by atoms with Gasteiger partial charge in [0.15, 0.2) is 0 Å². The van der Waals surface area contributed by atoms with Crippen molar-refractivity contribution in [3.05, 3.63) is 29.8 Å². The van der Waals surface area contributed by atoms with E-state index >= 15 is 0 Å². The zero-order valence-electron chi connectivity index (χ0n) is 10.9. The van der Waals surface area contributed by atoms with Crippen molar-refractivity contribution in [3.8, 4) is 5.75 Å². The van der Waals surface area contributed by atoms with Crippen molar-refractivity contribution in [2.45, 2.75) is 26.2 Å². The van der Waals surface area contributed by atoms with Crippen LogP contribution in [0.15, 0.2) is 24.3 Å². The van der Waals surface area contributed by atoms with E-state index in [2.05, 4.69) is 30.4 Å². The number of rotatable bonds is 6. The van der Waals surface area contributed by atoms with Gasteiger partial charge in [-0.1, -0.05) is 25.1 Å². The largest absolute Gasteiger partial charge is 0.496 e. The van der Waals surface area contributed by atoms with Crippen LogP contribution in [0, 0.1) is 11.8 Å². The molecule has 1 N–H and O–H groups in total. The molecule has 0 heterocycles. The molecule has 2 rings (SSSR count). The van der Waals surface area contributed by atoms with E-state index in [9.17, 15) is 0 Å². The number of ether oxygens (including phenoxy) is 1. The second kappa shape index (κ2) is 6.06. The lowest BCUT2D eigenvalue weighted by atomic mass is 9.70. The Balaban J connectivity index is 1.92. The van der Waals surface area contributed by atoms with Gasteiger partial charge in [-0.3, -0.25) is 0 Å². The summed E-state index contributed by atoms with van der Waals surface area (Å²) in [6, 6.07) is 8.41. The number of para-hydroxylation sites is 1. The zero-order valence-corrected chi connectivity index (χ0v) is 10.9. The molecule has 2 heteroatoms. The fraction of sp³-hybridized carbons (Fsp3) is 0.600. The number of hydrogen-bond donors (Lipinski definition) is 1. The summed E-state index contributed by atoms with van der Waals surface area (Å²) in [7, 11) is 1.76. The Morgan fingerprint density at radius 2 is 2.00 bits per heavy atom. The molecule has 2 unspecified atom stereocenters. The standard InChI is InChI=1S/C15H23NO/c1-3-16-11-14-9-8-12(14)10-13-6-4-5-7-15(13)17-2/h4-7,12,14,16H,3,8-11H2,1-2H3. The van der Waals surface area contributed by atoms with Crippen LogP contribution in [0.5, 0.6) is 5.75 Å². The zero-order chi connectivity index (χ0) is 12.1. The van der Waals surface area contributed by atoms with Crippen molar-refractivity contribution in [2.24, 2.45) is 11.8 Å². The molecule has 1 aromatic rings. The monoisotopic (exact) mass is 233 g/mol. The summed E-state index contributed by atoms with van der Waals surface area (Å²) in [6.07, 6.45) is 3.92. The van der Waals surface area contributed by atoms with Gasteiger partial charge in [0.1, 0.15) is 5.75 Å². The van der Waals surface area contributed by atoms with Crippen LogP contribution in [0.2, 0.25) is 0 Å². The minimum absolute atomic E-state index is 0.838. The molecular formula is C15H23NO. The average Bonchev–Trinajstić information content (AvgIpc) is 2.35. The highest BCUT2D eigenvalue weighted by atomic mass is 16.5. The Morgan fingerprint density at radius 1 is 1.24 bits per heavy atom. The summed E-state index contributed by atoms with van der Waals surface area (Å²) < 4.78 is 5.42. The fourth-order valence-corrected chi connectivity index (χ4v) is 2.66. The molecule has 0 spiro atoms. The lowest BCUT2D eigenvalue weighted by Gasteiger charge is -2.37. The first kappa shape index (κ1) is 12.4. The topological polar surface area (TPSA) is 21.3 Å². The Morgan fingerprint density at radius 3 is 2.65 bits per heavy atom. The molecule has 94 valence electrons. The van der Waals surface area contributed by atoms with Crippen LogP contribution < -0.4 is 10.1 Å². The summed E-state index contributed by atoms with van der Waals surface area (Å²) in [5.41, 5.74) is 1.36. The number of benzene rings is 1. The first-order valence-corrected chi connectivity index (χ1v) is 6.67. The van der Waals surface area contributed by atoms with Crippen molar-refractivity contribution in [1.29, 1.82) is 0 Å². The second-order valence-corrected chi connectivity index (χ2v) is 4.92. The van der Waals surface area contributed by atoms with E-state index in [1.807, 2.05) is 6.07 Å². The Hall–Kier alpha value is -1.02. The van der Waals surface area contributed by atoms with Gasteiger partial charge in [-0.05, 0) is 55.8 Å². The molecule has 1 aliphatic carbocycles. The molecule has 2 nitrogen and oxygen atoms in total. The number of nitrogens with one attached hydrogen (secondary N) is 1. The highest BCUT2D eigenvalue weighted by Crippen LogP contribution is 2.37. The van der Waals surface area contributed by atoms with Crippen LogP contribution in [0.4, 0.5) is 0 Å². The molecule has 0 aliphatic heterocycles. The summed E-state index contributed by atoms with van der Waals surface area (Å²) >= 11 is 0. The van der Waals surface area contributed by atoms with Gasteiger partial charge in [0.25, 0.3) is 0 Å². The Bertz CT molecular complexity index is 351. The van der Waals surface area contributed by atoms with Gasteiger partial charge in [0.2, 0.25) is 0 Å². The molecule has 2 atom stereocenters. The molecule has 0 bridgehead atoms. The third kappa shape index (κ3) is 3.01. The van der Waals surface area contributed by atoms with E-state index in [0.717, 1.165) is 24.1 Å². The molecule has 1 fully saturated rings. The minimum atomic E-state index is 0.838. The van der Waals surface area contributed by atoms with Crippen LogP contribution in [0.1, 0.15) is 25.3 Å². The third-order valence-corrected chi connectivity index (χ3v) is 3.91. The summed E-state index contributed by atoms with van der Waals surface area (Å²) in [4.78, 5) is 0.